The lowest BCUT2D eigenvalue weighted by Crippen LogP contribution is -2.13. The van der Waals surface area contributed by atoms with E-state index in [2.05, 4.69) is 0 Å². The molecule has 1 aromatic rings. The predicted molar refractivity (Wildman–Crippen MR) is 53.7 cm³/mol. The van der Waals surface area contributed by atoms with Gasteiger partial charge in [-0.2, -0.15) is 13.2 Å². The second kappa shape index (κ2) is 4.89. The molecule has 94 valence electrons. The molecule has 0 saturated carbocycles. The van der Waals surface area contributed by atoms with Gasteiger partial charge in [0, 0.05) is 12.1 Å². The molecular weight excluding hydrogens is 241 g/mol. The van der Waals surface area contributed by atoms with Crippen molar-refractivity contribution in [3.8, 4) is 5.75 Å². The molecule has 0 heterocycles. The summed E-state index contributed by atoms with van der Waals surface area (Å²) in [5.41, 5.74) is 4.87. The third kappa shape index (κ3) is 4.17. The van der Waals surface area contributed by atoms with Crippen LogP contribution in [0.15, 0.2) is 18.2 Å². The lowest BCUT2D eigenvalue weighted by molar-refractivity contribution is -0.383. The molecule has 0 aliphatic heterocycles. The summed E-state index contributed by atoms with van der Waals surface area (Å²) in [5, 5.41) is 10.4. The molecule has 0 fully saturated rings. The minimum atomic E-state index is -4.30. The second-order valence-corrected chi connectivity index (χ2v) is 3.19. The van der Waals surface area contributed by atoms with Gasteiger partial charge < -0.3 is 10.5 Å². The number of hydrogen-bond donors (Lipinski definition) is 1. The number of anilines is 1. The molecule has 8 heteroatoms. The highest BCUT2D eigenvalue weighted by molar-refractivity contribution is 5.60. The molecule has 0 spiro atoms. The highest BCUT2D eigenvalue weighted by atomic mass is 19.4. The first kappa shape index (κ1) is 13.1. The summed E-state index contributed by atoms with van der Waals surface area (Å²) >= 11 is 0. The SMILES string of the molecule is Nc1cc(OCCC(F)(F)F)ccc1[N+](=O)[O-]. The summed E-state index contributed by atoms with van der Waals surface area (Å²) in [6.45, 7) is -0.555. The van der Waals surface area contributed by atoms with Gasteiger partial charge in [-0.15, -0.1) is 0 Å². The van der Waals surface area contributed by atoms with Crippen LogP contribution in [0.4, 0.5) is 24.5 Å². The Labute approximate surface area is 94.1 Å². The minimum absolute atomic E-state index is 0.0670. The van der Waals surface area contributed by atoms with Crippen LogP contribution in [-0.2, 0) is 0 Å². The number of nitrogen functional groups attached to an aromatic ring is 1. The smallest absolute Gasteiger partial charge is 0.392 e. The van der Waals surface area contributed by atoms with Gasteiger partial charge in [0.15, 0.2) is 0 Å². The molecule has 0 bridgehead atoms. The van der Waals surface area contributed by atoms with Crippen LogP contribution in [0, 0.1) is 10.1 Å². The van der Waals surface area contributed by atoms with Crippen LogP contribution in [0.1, 0.15) is 6.42 Å². The standard InChI is InChI=1S/C9H9F3N2O3/c10-9(11,12)3-4-17-6-1-2-8(14(15)16)7(13)5-6/h1-2,5H,3-4,13H2. The highest BCUT2D eigenvalue weighted by Crippen LogP contribution is 2.26. The van der Waals surface area contributed by atoms with Crippen molar-refractivity contribution in [2.45, 2.75) is 12.6 Å². The van der Waals surface area contributed by atoms with E-state index in [1.54, 1.807) is 0 Å². The van der Waals surface area contributed by atoms with Crippen molar-refractivity contribution >= 4 is 11.4 Å². The third-order valence-electron chi connectivity index (χ3n) is 1.85. The van der Waals surface area contributed by atoms with E-state index in [9.17, 15) is 23.3 Å². The molecule has 5 nitrogen and oxygen atoms in total. The van der Waals surface area contributed by atoms with Crippen LogP contribution in [0.3, 0.4) is 0 Å². The van der Waals surface area contributed by atoms with Gasteiger partial charge in [0.1, 0.15) is 11.4 Å². The normalized spacial score (nSPS) is 11.2. The summed E-state index contributed by atoms with van der Waals surface area (Å²) in [7, 11) is 0. The van der Waals surface area contributed by atoms with Crippen molar-refractivity contribution in [2.24, 2.45) is 0 Å². The van der Waals surface area contributed by atoms with Crippen molar-refractivity contribution in [3.63, 3.8) is 0 Å². The molecule has 17 heavy (non-hydrogen) atoms. The van der Waals surface area contributed by atoms with E-state index < -0.39 is 24.1 Å². The van der Waals surface area contributed by atoms with Gasteiger partial charge in [-0.1, -0.05) is 0 Å². The number of hydrogen-bond acceptors (Lipinski definition) is 4. The van der Waals surface area contributed by atoms with E-state index in [0.29, 0.717) is 0 Å². The van der Waals surface area contributed by atoms with Crippen LogP contribution in [0.5, 0.6) is 5.75 Å². The Morgan fingerprint density at radius 1 is 1.41 bits per heavy atom. The highest BCUT2D eigenvalue weighted by Gasteiger charge is 2.26. The first-order valence-electron chi connectivity index (χ1n) is 4.53. The Bertz CT molecular complexity index is 420. The summed E-state index contributed by atoms with van der Waals surface area (Å²) in [6, 6.07) is 3.40. The van der Waals surface area contributed by atoms with Crippen molar-refractivity contribution in [3.05, 3.63) is 28.3 Å². The number of rotatable bonds is 4. The Morgan fingerprint density at radius 2 is 2.06 bits per heavy atom. The van der Waals surface area contributed by atoms with Crippen molar-refractivity contribution in [1.29, 1.82) is 0 Å². The van der Waals surface area contributed by atoms with Crippen LogP contribution < -0.4 is 10.5 Å². The zero-order valence-electron chi connectivity index (χ0n) is 8.53. The number of alkyl halides is 3. The zero-order valence-corrected chi connectivity index (χ0v) is 8.53. The number of nitro benzene ring substituents is 1. The molecule has 0 atom stereocenters. The predicted octanol–water partition coefficient (Wildman–Crippen LogP) is 2.51. The topological polar surface area (TPSA) is 78.4 Å². The summed E-state index contributed by atoms with van der Waals surface area (Å²) in [6.07, 6.45) is -5.39. The molecule has 0 amide bonds. The van der Waals surface area contributed by atoms with E-state index in [0.717, 1.165) is 12.1 Å². The van der Waals surface area contributed by atoms with E-state index >= 15 is 0 Å². The number of halogens is 3. The van der Waals surface area contributed by atoms with Crippen LogP contribution in [0.2, 0.25) is 0 Å². The largest absolute Gasteiger partial charge is 0.493 e. The maximum atomic E-state index is 11.8. The fourth-order valence-corrected chi connectivity index (χ4v) is 1.07. The van der Waals surface area contributed by atoms with Crippen LogP contribution in [0.25, 0.3) is 0 Å². The number of nitrogens with two attached hydrogens (primary N) is 1. The molecule has 0 saturated heterocycles. The maximum absolute atomic E-state index is 11.8. The molecule has 0 aromatic heterocycles. The van der Waals surface area contributed by atoms with Gasteiger partial charge in [0.25, 0.3) is 5.69 Å². The first-order chi connectivity index (χ1) is 7.79. The summed E-state index contributed by atoms with van der Waals surface area (Å²) in [4.78, 5) is 9.73. The lowest BCUT2D eigenvalue weighted by atomic mass is 10.2. The Hall–Kier alpha value is -1.99. The maximum Gasteiger partial charge on any atom is 0.392 e. The monoisotopic (exact) mass is 250 g/mol. The molecular formula is C9H9F3N2O3. The quantitative estimate of drug-likeness (QED) is 0.506. The third-order valence-corrected chi connectivity index (χ3v) is 1.85. The fraction of sp³-hybridized carbons (Fsp3) is 0.333. The Kier molecular flexibility index (Phi) is 3.77. The van der Waals surface area contributed by atoms with Crippen molar-refractivity contribution < 1.29 is 22.8 Å². The second-order valence-electron chi connectivity index (χ2n) is 3.19. The van der Waals surface area contributed by atoms with Crippen molar-refractivity contribution in [2.75, 3.05) is 12.3 Å². The number of nitro groups is 1. The summed E-state index contributed by atoms with van der Waals surface area (Å²) < 4.78 is 40.2. The summed E-state index contributed by atoms with van der Waals surface area (Å²) in [5.74, 6) is 0.0670. The number of benzene rings is 1. The molecule has 0 unspecified atom stereocenters. The number of ether oxygens (including phenoxy) is 1. The van der Waals surface area contributed by atoms with Crippen LogP contribution >= 0.6 is 0 Å². The van der Waals surface area contributed by atoms with Crippen LogP contribution in [-0.4, -0.2) is 17.7 Å². The Balaban J connectivity index is 2.62. The van der Waals surface area contributed by atoms with Gasteiger partial charge in [-0.25, -0.2) is 0 Å². The average molecular weight is 250 g/mol. The van der Waals surface area contributed by atoms with Gasteiger partial charge in [0.05, 0.1) is 18.0 Å². The van der Waals surface area contributed by atoms with Gasteiger partial charge in [-0.3, -0.25) is 10.1 Å². The minimum Gasteiger partial charge on any atom is -0.493 e. The average Bonchev–Trinajstić information content (AvgIpc) is 2.15. The molecule has 2 N–H and O–H groups in total. The molecule has 0 aliphatic rings. The molecule has 1 rings (SSSR count). The van der Waals surface area contributed by atoms with E-state index in [1.165, 1.54) is 6.07 Å². The van der Waals surface area contributed by atoms with E-state index in [4.69, 9.17) is 10.5 Å². The van der Waals surface area contributed by atoms with E-state index in [-0.39, 0.29) is 17.1 Å². The Morgan fingerprint density at radius 3 is 2.53 bits per heavy atom. The number of nitrogens with zero attached hydrogens (tertiary/aromatic N) is 1. The van der Waals surface area contributed by atoms with Gasteiger partial charge >= 0.3 is 6.18 Å². The molecule has 0 radical (unpaired) electrons. The lowest BCUT2D eigenvalue weighted by Gasteiger charge is -2.08. The molecule has 1 aromatic carbocycles. The van der Waals surface area contributed by atoms with Gasteiger partial charge in [0.2, 0.25) is 0 Å². The van der Waals surface area contributed by atoms with E-state index in [1.807, 2.05) is 0 Å². The first-order valence-corrected chi connectivity index (χ1v) is 4.53. The fourth-order valence-electron chi connectivity index (χ4n) is 1.07. The van der Waals surface area contributed by atoms with Crippen molar-refractivity contribution in [1.82, 2.24) is 0 Å². The van der Waals surface area contributed by atoms with Gasteiger partial charge in [-0.05, 0) is 6.07 Å². The molecule has 0 aliphatic carbocycles. The zero-order chi connectivity index (χ0) is 13.1.